The van der Waals surface area contributed by atoms with Crippen LogP contribution in [-0.4, -0.2) is 31.8 Å². The minimum Gasteiger partial charge on any atom is -0.467 e. The zero-order valence-corrected chi connectivity index (χ0v) is 6.32. The molecule has 1 rings (SSSR count). The van der Waals surface area contributed by atoms with Crippen LogP contribution >= 0.6 is 0 Å². The average molecular weight is 157 g/mol. The maximum Gasteiger partial charge on any atom is 0.336 e. The fourth-order valence-electron chi connectivity index (χ4n) is 0.925. The summed E-state index contributed by atoms with van der Waals surface area (Å²) >= 11 is 0. The predicted molar refractivity (Wildman–Crippen MR) is 38.9 cm³/mol. The molecule has 0 bridgehead atoms. The zero-order chi connectivity index (χ0) is 8.27. The Balaban J connectivity index is 2.57. The lowest BCUT2D eigenvalue weighted by atomic mass is 10.1. The Kier molecular flexibility index (Phi) is 2.62. The lowest BCUT2D eigenvalue weighted by Crippen LogP contribution is -2.43. The van der Waals surface area contributed by atoms with Crippen LogP contribution < -0.4 is 5.73 Å². The molecule has 0 radical (unpaired) electrons. The van der Waals surface area contributed by atoms with Crippen molar-refractivity contribution >= 4 is 5.97 Å². The van der Waals surface area contributed by atoms with Crippen molar-refractivity contribution in [3.8, 4) is 0 Å². The van der Waals surface area contributed by atoms with Crippen LogP contribution in [0.25, 0.3) is 0 Å². The van der Waals surface area contributed by atoms with Crippen molar-refractivity contribution in [3.63, 3.8) is 0 Å². The van der Waals surface area contributed by atoms with Gasteiger partial charge in [0.15, 0.2) is 6.10 Å². The summed E-state index contributed by atoms with van der Waals surface area (Å²) in [5.41, 5.74) is 5.54. The van der Waals surface area contributed by atoms with E-state index in [-0.39, 0.29) is 6.04 Å². The number of hydrogen-bond acceptors (Lipinski definition) is 4. The molecule has 0 aromatic heterocycles. The van der Waals surface area contributed by atoms with Gasteiger partial charge in [0.1, 0.15) is 0 Å². The van der Waals surface area contributed by atoms with Crippen molar-refractivity contribution in [2.45, 2.75) is 12.1 Å². The van der Waals surface area contributed by atoms with Gasteiger partial charge < -0.3 is 15.2 Å². The van der Waals surface area contributed by atoms with Crippen LogP contribution in [0, 0.1) is 0 Å². The molecule has 0 saturated heterocycles. The van der Waals surface area contributed by atoms with Gasteiger partial charge in [-0.25, -0.2) is 4.79 Å². The first-order chi connectivity index (χ1) is 5.25. The van der Waals surface area contributed by atoms with Crippen LogP contribution in [0.15, 0.2) is 12.2 Å². The summed E-state index contributed by atoms with van der Waals surface area (Å²) < 4.78 is 9.54. The SMILES string of the molecule is COC(=O)[C@H]1OCC=C[C@H]1N. The average Bonchev–Trinajstić information content (AvgIpc) is 2.04. The van der Waals surface area contributed by atoms with Gasteiger partial charge in [-0.15, -0.1) is 0 Å². The number of methoxy groups -OCH3 is 1. The van der Waals surface area contributed by atoms with Gasteiger partial charge in [-0.05, 0) is 0 Å². The molecule has 0 aliphatic carbocycles. The van der Waals surface area contributed by atoms with Gasteiger partial charge in [0, 0.05) is 0 Å². The van der Waals surface area contributed by atoms with E-state index in [0.717, 1.165) is 0 Å². The van der Waals surface area contributed by atoms with E-state index in [1.165, 1.54) is 7.11 Å². The first kappa shape index (κ1) is 8.23. The molecule has 0 aromatic carbocycles. The van der Waals surface area contributed by atoms with Gasteiger partial charge in [-0.1, -0.05) is 12.2 Å². The molecule has 2 atom stereocenters. The maximum absolute atomic E-state index is 10.9. The van der Waals surface area contributed by atoms with Gasteiger partial charge in [-0.2, -0.15) is 0 Å². The lowest BCUT2D eigenvalue weighted by molar-refractivity contribution is -0.154. The summed E-state index contributed by atoms with van der Waals surface area (Å²) in [7, 11) is 1.32. The number of carbonyl (C=O) groups is 1. The van der Waals surface area contributed by atoms with Gasteiger partial charge in [-0.3, -0.25) is 0 Å². The monoisotopic (exact) mass is 157 g/mol. The van der Waals surface area contributed by atoms with Crippen LogP contribution in [0.2, 0.25) is 0 Å². The highest BCUT2D eigenvalue weighted by Crippen LogP contribution is 2.06. The zero-order valence-electron chi connectivity index (χ0n) is 6.32. The fraction of sp³-hybridized carbons (Fsp3) is 0.571. The Morgan fingerprint density at radius 1 is 1.82 bits per heavy atom. The number of rotatable bonds is 1. The second-order valence-electron chi connectivity index (χ2n) is 2.28. The second-order valence-corrected chi connectivity index (χ2v) is 2.28. The van der Waals surface area contributed by atoms with Crippen LogP contribution in [0.4, 0.5) is 0 Å². The molecule has 0 fully saturated rings. The third-order valence-electron chi connectivity index (χ3n) is 1.51. The molecule has 1 aliphatic rings. The van der Waals surface area contributed by atoms with E-state index in [1.807, 2.05) is 0 Å². The first-order valence-electron chi connectivity index (χ1n) is 3.37. The summed E-state index contributed by atoms with van der Waals surface area (Å²) in [6.45, 7) is 0.424. The molecule has 0 amide bonds. The van der Waals surface area contributed by atoms with E-state index in [1.54, 1.807) is 12.2 Å². The number of nitrogens with two attached hydrogens (primary N) is 1. The molecule has 4 heteroatoms. The number of esters is 1. The molecule has 0 saturated carbocycles. The van der Waals surface area contributed by atoms with E-state index in [2.05, 4.69) is 4.74 Å². The van der Waals surface area contributed by atoms with Crippen LogP contribution in [0.1, 0.15) is 0 Å². The van der Waals surface area contributed by atoms with E-state index in [0.29, 0.717) is 6.61 Å². The third-order valence-corrected chi connectivity index (χ3v) is 1.51. The predicted octanol–water partition coefficient (Wildman–Crippen LogP) is -0.558. The lowest BCUT2D eigenvalue weighted by Gasteiger charge is -2.21. The molecule has 1 heterocycles. The molecule has 2 N–H and O–H groups in total. The fourth-order valence-corrected chi connectivity index (χ4v) is 0.925. The second kappa shape index (κ2) is 3.50. The first-order valence-corrected chi connectivity index (χ1v) is 3.37. The minimum atomic E-state index is -0.634. The highest BCUT2D eigenvalue weighted by molar-refractivity contribution is 5.76. The smallest absolute Gasteiger partial charge is 0.336 e. The Hall–Kier alpha value is -0.870. The van der Waals surface area contributed by atoms with E-state index in [4.69, 9.17) is 10.5 Å². The summed E-state index contributed by atoms with van der Waals surface area (Å²) in [6, 6.07) is -0.379. The van der Waals surface area contributed by atoms with Crippen molar-refractivity contribution in [2.75, 3.05) is 13.7 Å². The van der Waals surface area contributed by atoms with Gasteiger partial charge in [0.05, 0.1) is 19.8 Å². The molecule has 1 aliphatic heterocycles. The summed E-state index contributed by atoms with van der Waals surface area (Å²) in [6.07, 6.45) is 2.89. The minimum absolute atomic E-state index is 0.379. The third kappa shape index (κ3) is 1.78. The summed E-state index contributed by atoms with van der Waals surface area (Å²) in [5, 5.41) is 0. The van der Waals surface area contributed by atoms with Crippen LogP contribution in [0.3, 0.4) is 0 Å². The Bertz CT molecular complexity index is 179. The quantitative estimate of drug-likeness (QED) is 0.409. The normalized spacial score (nSPS) is 30.0. The van der Waals surface area contributed by atoms with Crippen LogP contribution in [-0.2, 0) is 14.3 Å². The highest BCUT2D eigenvalue weighted by atomic mass is 16.6. The Morgan fingerprint density at radius 2 is 2.55 bits per heavy atom. The van der Waals surface area contributed by atoms with Crippen molar-refractivity contribution in [2.24, 2.45) is 5.73 Å². The number of ether oxygens (including phenoxy) is 2. The summed E-state index contributed by atoms with van der Waals surface area (Å²) in [5.74, 6) is -0.415. The molecule has 11 heavy (non-hydrogen) atoms. The molecule has 62 valence electrons. The van der Waals surface area contributed by atoms with Gasteiger partial charge in [0.2, 0.25) is 0 Å². The van der Waals surface area contributed by atoms with Gasteiger partial charge >= 0.3 is 5.97 Å². The van der Waals surface area contributed by atoms with Gasteiger partial charge in [0.25, 0.3) is 0 Å². The molecule has 4 nitrogen and oxygen atoms in total. The summed E-state index contributed by atoms with van der Waals surface area (Å²) in [4.78, 5) is 10.9. The van der Waals surface area contributed by atoms with Crippen molar-refractivity contribution in [3.05, 3.63) is 12.2 Å². The molecule has 0 unspecified atom stereocenters. The number of carbonyl (C=O) groups excluding carboxylic acids is 1. The molecule has 0 spiro atoms. The molecular weight excluding hydrogens is 146 g/mol. The van der Waals surface area contributed by atoms with Crippen molar-refractivity contribution in [1.82, 2.24) is 0 Å². The van der Waals surface area contributed by atoms with E-state index >= 15 is 0 Å². The Morgan fingerprint density at radius 3 is 3.09 bits per heavy atom. The molecule has 0 aromatic rings. The maximum atomic E-state index is 10.9. The highest BCUT2D eigenvalue weighted by Gasteiger charge is 2.27. The van der Waals surface area contributed by atoms with Crippen molar-refractivity contribution in [1.29, 1.82) is 0 Å². The van der Waals surface area contributed by atoms with E-state index < -0.39 is 12.1 Å². The topological polar surface area (TPSA) is 61.5 Å². The van der Waals surface area contributed by atoms with Crippen LogP contribution in [0.5, 0.6) is 0 Å². The van der Waals surface area contributed by atoms with E-state index in [9.17, 15) is 4.79 Å². The standard InChI is InChI=1S/C7H11NO3/c1-10-7(9)6-5(8)3-2-4-11-6/h2-3,5-6H,4,8H2,1H3/t5-,6+/m1/s1. The molecular formula is C7H11NO3. The van der Waals surface area contributed by atoms with Crippen molar-refractivity contribution < 1.29 is 14.3 Å². The largest absolute Gasteiger partial charge is 0.467 e. The number of hydrogen-bond donors (Lipinski definition) is 1. The Labute approximate surface area is 65.0 Å².